The van der Waals surface area contributed by atoms with E-state index < -0.39 is 20.7 Å². The van der Waals surface area contributed by atoms with Crippen LogP contribution in [0.3, 0.4) is 0 Å². The first kappa shape index (κ1) is 16.1. The van der Waals surface area contributed by atoms with Crippen LogP contribution in [-0.4, -0.2) is 20.2 Å². The smallest absolute Gasteiger partial charge is 0.243 e. The standard InChI is InChI=1S/C15H20FNO3S/c1-10(2)15(18)11-7-8-13(16)14(9-11)21(19,20)17-12-5-3-4-6-12/h7-10,12,17H,3-6H2,1-2H3. The van der Waals surface area contributed by atoms with Crippen molar-refractivity contribution in [3.63, 3.8) is 0 Å². The molecule has 21 heavy (non-hydrogen) atoms. The summed E-state index contributed by atoms with van der Waals surface area (Å²) in [5, 5.41) is 0. The fourth-order valence-corrected chi connectivity index (χ4v) is 3.93. The summed E-state index contributed by atoms with van der Waals surface area (Å²) in [7, 11) is -3.93. The van der Waals surface area contributed by atoms with Gasteiger partial charge < -0.3 is 0 Å². The van der Waals surface area contributed by atoms with E-state index >= 15 is 0 Å². The highest BCUT2D eigenvalue weighted by Gasteiger charge is 2.26. The maximum atomic E-state index is 13.9. The van der Waals surface area contributed by atoms with Gasteiger partial charge in [0.1, 0.15) is 10.7 Å². The summed E-state index contributed by atoms with van der Waals surface area (Å²) in [6.45, 7) is 3.44. The molecule has 2 rings (SSSR count). The Hall–Kier alpha value is -1.27. The van der Waals surface area contributed by atoms with Crippen LogP contribution < -0.4 is 4.72 Å². The van der Waals surface area contributed by atoms with Crippen molar-refractivity contribution in [2.75, 3.05) is 0 Å². The lowest BCUT2D eigenvalue weighted by Gasteiger charge is -2.14. The van der Waals surface area contributed by atoms with Crippen molar-refractivity contribution in [1.82, 2.24) is 4.72 Å². The molecule has 0 spiro atoms. The van der Waals surface area contributed by atoms with Gasteiger partial charge >= 0.3 is 0 Å². The number of rotatable bonds is 5. The predicted octanol–water partition coefficient (Wildman–Crippen LogP) is 2.89. The Bertz CT molecular complexity index is 634. The van der Waals surface area contributed by atoms with Crippen LogP contribution in [0.4, 0.5) is 4.39 Å². The largest absolute Gasteiger partial charge is 0.294 e. The van der Waals surface area contributed by atoms with Crippen LogP contribution >= 0.6 is 0 Å². The number of nitrogens with one attached hydrogen (secondary N) is 1. The lowest BCUT2D eigenvalue weighted by atomic mass is 10.0. The molecular formula is C15H20FNO3S. The molecular weight excluding hydrogens is 293 g/mol. The first-order valence-corrected chi connectivity index (χ1v) is 8.65. The molecule has 0 heterocycles. The Morgan fingerprint density at radius 2 is 1.90 bits per heavy atom. The lowest BCUT2D eigenvalue weighted by Crippen LogP contribution is -2.33. The minimum absolute atomic E-state index is 0.140. The summed E-state index contributed by atoms with van der Waals surface area (Å²) in [6, 6.07) is 3.36. The molecule has 6 heteroatoms. The fourth-order valence-electron chi connectivity index (χ4n) is 2.52. The topological polar surface area (TPSA) is 63.2 Å². The van der Waals surface area contributed by atoms with Gasteiger partial charge in [-0.2, -0.15) is 0 Å². The Labute approximate surface area is 124 Å². The molecule has 0 amide bonds. The highest BCUT2D eigenvalue weighted by molar-refractivity contribution is 7.89. The average molecular weight is 313 g/mol. The van der Waals surface area contributed by atoms with Crippen molar-refractivity contribution < 1.29 is 17.6 Å². The molecule has 116 valence electrons. The Morgan fingerprint density at radius 1 is 1.29 bits per heavy atom. The molecule has 1 fully saturated rings. The van der Waals surface area contributed by atoms with Gasteiger partial charge in [-0.3, -0.25) is 4.79 Å². The molecule has 1 aliphatic rings. The summed E-state index contributed by atoms with van der Waals surface area (Å²) in [5.74, 6) is -1.30. The summed E-state index contributed by atoms with van der Waals surface area (Å²) in [6.07, 6.45) is 3.49. The number of carbonyl (C=O) groups excluding carboxylic acids is 1. The number of benzene rings is 1. The van der Waals surface area contributed by atoms with Gasteiger partial charge in [-0.15, -0.1) is 0 Å². The number of hydrogen-bond acceptors (Lipinski definition) is 3. The quantitative estimate of drug-likeness (QED) is 0.850. The second-order valence-corrected chi connectivity index (χ2v) is 7.45. The first-order chi connectivity index (χ1) is 9.81. The maximum Gasteiger partial charge on any atom is 0.243 e. The Morgan fingerprint density at radius 3 is 2.48 bits per heavy atom. The molecule has 1 aromatic rings. The van der Waals surface area contributed by atoms with Crippen molar-refractivity contribution in [3.8, 4) is 0 Å². The van der Waals surface area contributed by atoms with Crippen LogP contribution in [0.5, 0.6) is 0 Å². The average Bonchev–Trinajstić information content (AvgIpc) is 2.90. The SMILES string of the molecule is CC(C)C(=O)c1ccc(F)c(S(=O)(=O)NC2CCCC2)c1. The number of ketones is 1. The third kappa shape index (κ3) is 3.68. The zero-order chi connectivity index (χ0) is 15.6. The van der Waals surface area contributed by atoms with Crippen molar-refractivity contribution in [2.45, 2.75) is 50.5 Å². The van der Waals surface area contributed by atoms with Gasteiger partial charge in [-0.05, 0) is 31.0 Å². The van der Waals surface area contributed by atoms with Gasteiger partial charge in [-0.25, -0.2) is 17.5 Å². The molecule has 0 aliphatic heterocycles. The molecule has 4 nitrogen and oxygen atoms in total. The second-order valence-electron chi connectivity index (χ2n) is 5.77. The van der Waals surface area contributed by atoms with Crippen LogP contribution in [-0.2, 0) is 10.0 Å². The molecule has 1 aromatic carbocycles. The normalized spacial score (nSPS) is 16.6. The second kappa shape index (κ2) is 6.23. The number of sulfonamides is 1. The Balaban J connectivity index is 2.33. The van der Waals surface area contributed by atoms with Crippen LogP contribution in [0.15, 0.2) is 23.1 Å². The molecule has 1 N–H and O–H groups in total. The molecule has 1 saturated carbocycles. The van der Waals surface area contributed by atoms with E-state index in [4.69, 9.17) is 0 Å². The number of hydrogen-bond donors (Lipinski definition) is 1. The van der Waals surface area contributed by atoms with Gasteiger partial charge in [0, 0.05) is 17.5 Å². The van der Waals surface area contributed by atoms with E-state index in [9.17, 15) is 17.6 Å². The number of carbonyl (C=O) groups is 1. The van der Waals surface area contributed by atoms with E-state index in [1.807, 2.05) is 0 Å². The highest BCUT2D eigenvalue weighted by Crippen LogP contribution is 2.23. The molecule has 0 aromatic heterocycles. The van der Waals surface area contributed by atoms with Crippen molar-refractivity contribution in [3.05, 3.63) is 29.6 Å². The van der Waals surface area contributed by atoms with E-state index in [2.05, 4.69) is 4.72 Å². The third-order valence-corrected chi connectivity index (χ3v) is 5.24. The Kier molecular flexibility index (Phi) is 4.78. The fraction of sp³-hybridized carbons (Fsp3) is 0.533. The predicted molar refractivity (Wildman–Crippen MR) is 78.1 cm³/mol. The van der Waals surface area contributed by atoms with E-state index in [0.717, 1.165) is 37.8 Å². The molecule has 0 unspecified atom stereocenters. The zero-order valence-corrected chi connectivity index (χ0v) is 13.0. The van der Waals surface area contributed by atoms with E-state index in [-0.39, 0.29) is 23.3 Å². The van der Waals surface area contributed by atoms with Crippen molar-refractivity contribution in [2.24, 2.45) is 5.92 Å². The van der Waals surface area contributed by atoms with Crippen LogP contribution in [0.25, 0.3) is 0 Å². The van der Waals surface area contributed by atoms with Gasteiger partial charge in [0.2, 0.25) is 10.0 Å². The molecule has 0 radical (unpaired) electrons. The minimum Gasteiger partial charge on any atom is -0.294 e. The molecule has 0 atom stereocenters. The van der Waals surface area contributed by atoms with Gasteiger partial charge in [0.25, 0.3) is 0 Å². The molecule has 1 aliphatic carbocycles. The lowest BCUT2D eigenvalue weighted by molar-refractivity contribution is 0.0939. The van der Waals surface area contributed by atoms with Crippen LogP contribution in [0.1, 0.15) is 49.9 Å². The first-order valence-electron chi connectivity index (χ1n) is 7.17. The number of Topliss-reactive ketones (excluding diaryl/α,β-unsaturated/α-hetero) is 1. The van der Waals surface area contributed by atoms with Gasteiger partial charge in [0.15, 0.2) is 5.78 Å². The van der Waals surface area contributed by atoms with Crippen LogP contribution in [0, 0.1) is 11.7 Å². The summed E-state index contributed by atoms with van der Waals surface area (Å²) in [4.78, 5) is 11.5. The minimum atomic E-state index is -3.93. The summed E-state index contributed by atoms with van der Waals surface area (Å²) < 4.78 is 41.0. The molecule has 0 bridgehead atoms. The summed E-state index contributed by atoms with van der Waals surface area (Å²) in [5.41, 5.74) is 0.221. The van der Waals surface area contributed by atoms with Gasteiger partial charge in [-0.1, -0.05) is 26.7 Å². The van der Waals surface area contributed by atoms with E-state index in [0.29, 0.717) is 0 Å². The van der Waals surface area contributed by atoms with Crippen molar-refractivity contribution in [1.29, 1.82) is 0 Å². The van der Waals surface area contributed by atoms with Gasteiger partial charge in [0.05, 0.1) is 0 Å². The monoisotopic (exact) mass is 313 g/mol. The summed E-state index contributed by atoms with van der Waals surface area (Å²) >= 11 is 0. The highest BCUT2D eigenvalue weighted by atomic mass is 32.2. The third-order valence-electron chi connectivity index (χ3n) is 3.71. The van der Waals surface area contributed by atoms with E-state index in [1.54, 1.807) is 13.8 Å². The van der Waals surface area contributed by atoms with Crippen molar-refractivity contribution >= 4 is 15.8 Å². The van der Waals surface area contributed by atoms with E-state index in [1.165, 1.54) is 6.07 Å². The van der Waals surface area contributed by atoms with Crippen LogP contribution in [0.2, 0.25) is 0 Å². The zero-order valence-electron chi connectivity index (χ0n) is 12.2. The number of halogens is 1. The molecule has 0 saturated heterocycles. The maximum absolute atomic E-state index is 13.9.